The number of halogens is 2. The Kier molecular flexibility index (Phi) is 6.24. The second-order valence-corrected chi connectivity index (χ2v) is 7.26. The molecular formula is C17H16F2N2O5S. The van der Waals surface area contributed by atoms with Crippen LogP contribution in [0.5, 0.6) is 0 Å². The molecule has 0 unspecified atom stereocenters. The predicted molar refractivity (Wildman–Crippen MR) is 92.7 cm³/mol. The first-order valence-corrected chi connectivity index (χ1v) is 9.09. The zero-order valence-corrected chi connectivity index (χ0v) is 15.2. The molecule has 2 aromatic carbocycles. The summed E-state index contributed by atoms with van der Waals surface area (Å²) in [5.74, 6) is -4.36. The standard InChI is InChI=1S/C17H16F2N2O5S/c1-10-6-7-11(8-14(10)27(24,25)20-2)21-15(22)9-26-17(23)16-12(18)4-3-5-13(16)19/h3-8,20H,9H2,1-2H3,(H,21,22). The van der Waals surface area contributed by atoms with E-state index in [2.05, 4.69) is 14.8 Å². The van der Waals surface area contributed by atoms with Gasteiger partial charge in [-0.2, -0.15) is 0 Å². The molecule has 0 atom stereocenters. The van der Waals surface area contributed by atoms with Crippen LogP contribution >= 0.6 is 0 Å². The largest absolute Gasteiger partial charge is 0.452 e. The van der Waals surface area contributed by atoms with Crippen molar-refractivity contribution in [2.24, 2.45) is 0 Å². The maximum atomic E-state index is 13.5. The number of carbonyl (C=O) groups is 2. The average Bonchev–Trinajstić information content (AvgIpc) is 2.61. The van der Waals surface area contributed by atoms with Crippen LogP contribution in [0.1, 0.15) is 15.9 Å². The quantitative estimate of drug-likeness (QED) is 0.725. The van der Waals surface area contributed by atoms with Gasteiger partial charge in [0.05, 0.1) is 4.90 Å². The molecule has 0 aliphatic heterocycles. The van der Waals surface area contributed by atoms with E-state index in [0.717, 1.165) is 18.2 Å². The van der Waals surface area contributed by atoms with Gasteiger partial charge in [-0.1, -0.05) is 12.1 Å². The summed E-state index contributed by atoms with van der Waals surface area (Å²) >= 11 is 0. The van der Waals surface area contributed by atoms with E-state index in [-0.39, 0.29) is 10.6 Å². The van der Waals surface area contributed by atoms with Gasteiger partial charge in [0.15, 0.2) is 6.61 Å². The van der Waals surface area contributed by atoms with Crippen molar-refractivity contribution in [1.29, 1.82) is 0 Å². The van der Waals surface area contributed by atoms with Gasteiger partial charge in [-0.25, -0.2) is 26.7 Å². The summed E-state index contributed by atoms with van der Waals surface area (Å²) < 4.78 is 57.6. The Labute approximate surface area is 154 Å². The van der Waals surface area contributed by atoms with Crippen LogP contribution in [0.15, 0.2) is 41.3 Å². The van der Waals surface area contributed by atoms with Crippen molar-refractivity contribution in [3.63, 3.8) is 0 Å². The summed E-state index contributed by atoms with van der Waals surface area (Å²) in [6.07, 6.45) is 0. The molecule has 0 bridgehead atoms. The van der Waals surface area contributed by atoms with Gasteiger partial charge >= 0.3 is 5.97 Å². The van der Waals surface area contributed by atoms with E-state index in [9.17, 15) is 26.8 Å². The Morgan fingerprint density at radius 2 is 1.74 bits per heavy atom. The van der Waals surface area contributed by atoms with Gasteiger partial charge in [0, 0.05) is 5.69 Å². The second-order valence-electron chi connectivity index (χ2n) is 5.41. The van der Waals surface area contributed by atoms with E-state index in [1.165, 1.54) is 25.2 Å². The van der Waals surface area contributed by atoms with Crippen LogP contribution in [-0.2, 0) is 19.6 Å². The number of ether oxygens (including phenoxy) is 1. The smallest absolute Gasteiger partial charge is 0.344 e. The molecule has 2 N–H and O–H groups in total. The molecule has 2 aromatic rings. The lowest BCUT2D eigenvalue weighted by molar-refractivity contribution is -0.119. The third kappa shape index (κ3) is 4.86. The molecule has 27 heavy (non-hydrogen) atoms. The molecule has 144 valence electrons. The molecule has 0 radical (unpaired) electrons. The van der Waals surface area contributed by atoms with Crippen LogP contribution in [0.2, 0.25) is 0 Å². The lowest BCUT2D eigenvalue weighted by Crippen LogP contribution is -2.23. The van der Waals surface area contributed by atoms with E-state index < -0.39 is 45.7 Å². The van der Waals surface area contributed by atoms with Gasteiger partial charge in [0.25, 0.3) is 5.91 Å². The van der Waals surface area contributed by atoms with Crippen molar-refractivity contribution in [1.82, 2.24) is 4.72 Å². The van der Waals surface area contributed by atoms with E-state index >= 15 is 0 Å². The minimum Gasteiger partial charge on any atom is -0.452 e. The number of carbonyl (C=O) groups excluding carboxylic acids is 2. The summed E-state index contributed by atoms with van der Waals surface area (Å²) in [6, 6.07) is 7.03. The Hall–Kier alpha value is -2.85. The Morgan fingerprint density at radius 1 is 1.11 bits per heavy atom. The third-order valence-corrected chi connectivity index (χ3v) is 5.09. The van der Waals surface area contributed by atoms with Crippen molar-refractivity contribution in [2.75, 3.05) is 19.0 Å². The molecule has 1 amide bonds. The second kappa shape index (κ2) is 8.23. The maximum absolute atomic E-state index is 13.5. The molecule has 10 heteroatoms. The van der Waals surface area contributed by atoms with Crippen LogP contribution in [0.25, 0.3) is 0 Å². The minimum absolute atomic E-state index is 0.0341. The number of hydrogen-bond acceptors (Lipinski definition) is 5. The Bertz CT molecular complexity index is 973. The maximum Gasteiger partial charge on any atom is 0.344 e. The summed E-state index contributed by atoms with van der Waals surface area (Å²) in [6.45, 7) is 0.773. The van der Waals surface area contributed by atoms with Crippen molar-refractivity contribution in [3.05, 3.63) is 59.2 Å². The van der Waals surface area contributed by atoms with Gasteiger partial charge < -0.3 is 10.1 Å². The van der Waals surface area contributed by atoms with Crippen molar-refractivity contribution in [2.45, 2.75) is 11.8 Å². The molecule has 0 saturated carbocycles. The number of sulfonamides is 1. The molecular weight excluding hydrogens is 382 g/mol. The highest BCUT2D eigenvalue weighted by Crippen LogP contribution is 2.20. The number of benzene rings is 2. The Balaban J connectivity index is 2.06. The first-order chi connectivity index (χ1) is 12.7. The van der Waals surface area contributed by atoms with Gasteiger partial charge in [0.2, 0.25) is 10.0 Å². The molecule has 0 heterocycles. The average molecular weight is 398 g/mol. The van der Waals surface area contributed by atoms with Gasteiger partial charge in [0.1, 0.15) is 17.2 Å². The van der Waals surface area contributed by atoms with Crippen LogP contribution in [-0.4, -0.2) is 33.9 Å². The van der Waals surface area contributed by atoms with Crippen molar-refractivity contribution < 1.29 is 31.5 Å². The Morgan fingerprint density at radius 3 is 2.33 bits per heavy atom. The van der Waals surface area contributed by atoms with Gasteiger partial charge in [-0.05, 0) is 43.8 Å². The summed E-state index contributed by atoms with van der Waals surface area (Å²) in [5.41, 5.74) is -0.292. The normalized spacial score (nSPS) is 11.1. The molecule has 7 nitrogen and oxygen atoms in total. The number of hydrogen-bond donors (Lipinski definition) is 2. The first kappa shape index (κ1) is 20.5. The third-order valence-electron chi connectivity index (χ3n) is 3.53. The SMILES string of the molecule is CNS(=O)(=O)c1cc(NC(=O)COC(=O)c2c(F)cccc2F)ccc1C. The minimum atomic E-state index is -3.73. The highest BCUT2D eigenvalue weighted by molar-refractivity contribution is 7.89. The highest BCUT2D eigenvalue weighted by atomic mass is 32.2. The first-order valence-electron chi connectivity index (χ1n) is 7.61. The fraction of sp³-hybridized carbons (Fsp3) is 0.176. The predicted octanol–water partition coefficient (Wildman–Crippen LogP) is 1.98. The molecule has 0 aliphatic carbocycles. The monoisotopic (exact) mass is 398 g/mol. The summed E-state index contributed by atoms with van der Waals surface area (Å²) in [4.78, 5) is 23.6. The molecule has 0 saturated heterocycles. The number of nitrogens with one attached hydrogen (secondary N) is 2. The topological polar surface area (TPSA) is 102 Å². The lowest BCUT2D eigenvalue weighted by Gasteiger charge is -2.11. The zero-order chi connectivity index (χ0) is 20.2. The van der Waals surface area contributed by atoms with Crippen LogP contribution in [0, 0.1) is 18.6 Å². The van der Waals surface area contributed by atoms with Crippen LogP contribution in [0.4, 0.5) is 14.5 Å². The van der Waals surface area contributed by atoms with E-state index in [0.29, 0.717) is 5.56 Å². The van der Waals surface area contributed by atoms with Crippen molar-refractivity contribution in [3.8, 4) is 0 Å². The molecule has 2 rings (SSSR count). The van der Waals surface area contributed by atoms with E-state index in [1.54, 1.807) is 6.92 Å². The number of amides is 1. The molecule has 0 aromatic heterocycles. The number of aryl methyl sites for hydroxylation is 1. The number of esters is 1. The fourth-order valence-electron chi connectivity index (χ4n) is 2.17. The summed E-state index contributed by atoms with van der Waals surface area (Å²) in [5, 5.41) is 2.35. The molecule has 0 fully saturated rings. The number of rotatable bonds is 6. The number of anilines is 1. The highest BCUT2D eigenvalue weighted by Gasteiger charge is 2.20. The van der Waals surface area contributed by atoms with E-state index in [1.807, 2.05) is 0 Å². The zero-order valence-electron chi connectivity index (χ0n) is 14.4. The van der Waals surface area contributed by atoms with E-state index in [4.69, 9.17) is 0 Å². The van der Waals surface area contributed by atoms with Gasteiger partial charge in [-0.15, -0.1) is 0 Å². The fourth-order valence-corrected chi connectivity index (χ4v) is 3.16. The van der Waals surface area contributed by atoms with Gasteiger partial charge in [-0.3, -0.25) is 4.79 Å². The van der Waals surface area contributed by atoms with Crippen LogP contribution < -0.4 is 10.0 Å². The lowest BCUT2D eigenvalue weighted by atomic mass is 10.2. The van der Waals surface area contributed by atoms with Crippen LogP contribution in [0.3, 0.4) is 0 Å². The van der Waals surface area contributed by atoms with Crippen molar-refractivity contribution >= 4 is 27.6 Å². The molecule has 0 aliphatic rings. The molecule has 0 spiro atoms. The summed E-state index contributed by atoms with van der Waals surface area (Å²) in [7, 11) is -2.48.